The summed E-state index contributed by atoms with van der Waals surface area (Å²) in [5.41, 5.74) is 0. The van der Waals surface area contributed by atoms with Gasteiger partial charge in [-0.3, -0.25) is 12.2 Å². The molecule has 0 spiro atoms. The Labute approximate surface area is 167 Å². The van der Waals surface area contributed by atoms with Gasteiger partial charge in [0.05, 0.1) is 14.9 Å². The third kappa shape index (κ3) is 34.6. The van der Waals surface area contributed by atoms with E-state index in [1.165, 1.54) is 38.5 Å². The maximum atomic E-state index is 8.60. The van der Waals surface area contributed by atoms with Crippen molar-refractivity contribution in [3.8, 4) is 0 Å². The Morgan fingerprint density at radius 1 is 0.739 bits per heavy atom. The Hall–Kier alpha value is 0.337. The van der Waals surface area contributed by atoms with Crippen LogP contribution in [0.15, 0.2) is 36.5 Å². The molecule has 2 radical (unpaired) electrons. The van der Waals surface area contributed by atoms with Gasteiger partial charge >= 0.3 is 0 Å². The predicted molar refractivity (Wildman–Crippen MR) is 73.1 cm³/mol. The van der Waals surface area contributed by atoms with Crippen LogP contribution in [0.2, 0.25) is 0 Å². The van der Waals surface area contributed by atoms with E-state index < -0.39 is 10.2 Å². The normalized spacial score (nSPS) is 19.3. The van der Waals surface area contributed by atoms with Crippen molar-refractivity contribution >= 4 is 0 Å². The smallest absolute Gasteiger partial charge is 0.0777 e. The van der Waals surface area contributed by atoms with Gasteiger partial charge in [0.15, 0.2) is 0 Å². The molecule has 0 fully saturated rings. The first kappa shape index (κ1) is 28.2. The first-order chi connectivity index (χ1) is 10.0. The zero-order valence-corrected chi connectivity index (χ0v) is 16.9. The van der Waals surface area contributed by atoms with Crippen LogP contribution in [0.1, 0.15) is 51.4 Å². The van der Waals surface area contributed by atoms with Crippen molar-refractivity contribution in [3.63, 3.8) is 0 Å². The minimum absolute atomic E-state index is 0. The van der Waals surface area contributed by atoms with Crippen LogP contribution in [-0.2, 0) is 39.0 Å². The number of hydrogen-bond acceptors (Lipinski definition) is 4. The van der Waals surface area contributed by atoms with E-state index in [-0.39, 0.29) is 39.0 Å². The van der Waals surface area contributed by atoms with Crippen molar-refractivity contribution in [2.45, 2.75) is 51.4 Å². The van der Waals surface area contributed by atoms with Crippen LogP contribution in [0.4, 0.5) is 0 Å². The van der Waals surface area contributed by atoms with Gasteiger partial charge in [-0.25, -0.2) is 24.3 Å². The van der Waals surface area contributed by atoms with Gasteiger partial charge in [-0.1, -0.05) is 38.5 Å². The topological polar surface area (TPSA) is 89.4 Å². The average Bonchev–Trinajstić information content (AvgIpc) is 2.24. The fourth-order valence-corrected chi connectivity index (χ4v) is 1.61. The largest absolute Gasteiger partial charge is 0.275 e. The molecule has 1 N–H and O–H groups in total. The van der Waals surface area contributed by atoms with E-state index in [2.05, 4.69) is 36.5 Å². The molecule has 0 amide bonds. The minimum Gasteiger partial charge on any atom is -0.275 e. The molecule has 0 bridgehead atoms. The fourth-order valence-electron chi connectivity index (χ4n) is 1.61. The third-order valence-corrected chi connectivity index (χ3v) is 2.58. The molecule has 0 aromatic carbocycles. The van der Waals surface area contributed by atoms with Crippen molar-refractivity contribution < 1.29 is 67.8 Å². The van der Waals surface area contributed by atoms with Gasteiger partial charge in [0.2, 0.25) is 0 Å². The summed E-state index contributed by atoms with van der Waals surface area (Å²) in [6.07, 6.45) is 29.0. The molecule has 23 heavy (non-hydrogen) atoms. The molecule has 138 valence electrons. The first-order valence-corrected chi connectivity index (χ1v) is 8.33. The monoisotopic (exact) mass is 520 g/mol. The second-order valence-corrected chi connectivity index (χ2v) is 5.28. The van der Waals surface area contributed by atoms with Crippen LogP contribution in [0.5, 0.6) is 0 Å². The molecule has 0 saturated carbocycles. The van der Waals surface area contributed by atoms with Crippen LogP contribution in [0, 0.1) is 22.4 Å². The quantitative estimate of drug-likeness (QED) is 0.379. The third-order valence-electron chi connectivity index (χ3n) is 2.58. The molecular formula is C16H23ClO4Rh2-2. The van der Waals surface area contributed by atoms with Crippen molar-refractivity contribution in [1.29, 1.82) is 0 Å². The van der Waals surface area contributed by atoms with Gasteiger partial charge in [0.25, 0.3) is 0 Å². The van der Waals surface area contributed by atoms with E-state index >= 15 is 0 Å². The van der Waals surface area contributed by atoms with Gasteiger partial charge in [-0.15, -0.1) is 12.8 Å². The van der Waals surface area contributed by atoms with Crippen molar-refractivity contribution in [2.75, 3.05) is 0 Å². The van der Waals surface area contributed by atoms with Crippen LogP contribution in [-0.4, -0.2) is 4.66 Å². The van der Waals surface area contributed by atoms with Gasteiger partial charge < -0.3 is 0 Å². The second kappa shape index (κ2) is 20.4. The summed E-state index contributed by atoms with van der Waals surface area (Å²) in [4.78, 5) is 0. The predicted octanol–water partition coefficient (Wildman–Crippen LogP) is 0.823. The van der Waals surface area contributed by atoms with Crippen molar-refractivity contribution in [1.82, 2.24) is 0 Å². The molecule has 0 saturated heterocycles. The standard InChI is InChI=1S/2C8H11.ClHO4.2Rh/c2*1-2-4-6-8-7-5-3-1;2-1(3,4)5;;/h2*1-3H,4,6-8H2;(H,2,3,4,5);;/q2*-1;;;/b2*2-1-;;;. The second-order valence-electron chi connectivity index (χ2n) is 4.49. The zero-order chi connectivity index (χ0) is 15.8. The minimum atomic E-state index is -4.69. The van der Waals surface area contributed by atoms with Crippen molar-refractivity contribution in [3.05, 3.63) is 48.6 Å². The molecule has 0 heterocycles. The Morgan fingerprint density at radius 2 is 1.09 bits per heavy atom. The van der Waals surface area contributed by atoms with E-state index in [1.54, 1.807) is 0 Å². The van der Waals surface area contributed by atoms with Crippen molar-refractivity contribution in [2.24, 2.45) is 0 Å². The van der Waals surface area contributed by atoms with E-state index in [0.29, 0.717) is 0 Å². The average molecular weight is 521 g/mol. The number of rotatable bonds is 0. The van der Waals surface area contributed by atoms with Gasteiger partial charge in [0.1, 0.15) is 0 Å². The summed E-state index contributed by atoms with van der Waals surface area (Å²) in [5, 5.41) is 0. The summed E-state index contributed by atoms with van der Waals surface area (Å²) in [5.74, 6) is 0. The Bertz CT molecular complexity index is 288. The molecule has 2 aliphatic rings. The molecule has 4 nitrogen and oxygen atoms in total. The molecule has 2 rings (SSSR count). The molecule has 7 heteroatoms. The Balaban J connectivity index is -0.000000258. The zero-order valence-electron chi connectivity index (χ0n) is 12.8. The fraction of sp³-hybridized carbons (Fsp3) is 0.500. The molecule has 2 aliphatic carbocycles. The van der Waals surface area contributed by atoms with E-state index in [1.807, 2.05) is 12.2 Å². The van der Waals surface area contributed by atoms with Gasteiger partial charge in [-0.2, -0.15) is 26.1 Å². The van der Waals surface area contributed by atoms with Crippen LogP contribution in [0.3, 0.4) is 0 Å². The van der Waals surface area contributed by atoms with E-state index in [9.17, 15) is 0 Å². The van der Waals surface area contributed by atoms with Crippen LogP contribution in [0.25, 0.3) is 0 Å². The van der Waals surface area contributed by atoms with Crippen LogP contribution < -0.4 is 14.0 Å². The van der Waals surface area contributed by atoms with Crippen LogP contribution >= 0.6 is 0 Å². The summed E-state index contributed by atoms with van der Waals surface area (Å²) in [6.45, 7) is 0. The first-order valence-electron chi connectivity index (χ1n) is 7.07. The van der Waals surface area contributed by atoms with Gasteiger partial charge in [-0.05, 0) is 0 Å². The molecular weight excluding hydrogens is 497 g/mol. The molecule has 0 atom stereocenters. The maximum Gasteiger partial charge on any atom is 0.0777 e. The number of allylic oxidation sites excluding steroid dienone is 8. The molecule has 0 unspecified atom stereocenters. The molecule has 0 aromatic rings. The number of halogens is 1. The van der Waals surface area contributed by atoms with E-state index in [4.69, 9.17) is 18.6 Å². The van der Waals surface area contributed by atoms with E-state index in [0.717, 1.165) is 12.8 Å². The summed E-state index contributed by atoms with van der Waals surface area (Å²) in [7, 11) is -4.69. The number of hydrogen-bond donors (Lipinski definition) is 1. The Morgan fingerprint density at radius 3 is 1.43 bits per heavy atom. The summed E-state index contributed by atoms with van der Waals surface area (Å²) in [6, 6.07) is 0. The summed E-state index contributed by atoms with van der Waals surface area (Å²) < 4.78 is 32.7. The molecule has 0 aliphatic heterocycles. The SMILES string of the molecule is [C-]1=C/C=C\CCCC1.[C-]1=C/C=C\CCCC1.[O-][Cl+3]([O-])([O-])O.[Rh].[Rh]. The Kier molecular flexibility index (Phi) is 24.9. The van der Waals surface area contributed by atoms with Gasteiger partial charge in [0, 0.05) is 39.0 Å². The maximum absolute atomic E-state index is 8.60. The summed E-state index contributed by atoms with van der Waals surface area (Å²) >= 11 is 0. The molecule has 0 aromatic heterocycles.